The Morgan fingerprint density at radius 1 is 1.20 bits per heavy atom. The quantitative estimate of drug-likeness (QED) is 0.727. The molecule has 3 rings (SSSR count). The maximum Gasteiger partial charge on any atom is 0.346 e. The molecule has 0 amide bonds. The molecule has 2 aromatic carbocycles. The minimum Gasteiger partial charge on any atom is -0.497 e. The summed E-state index contributed by atoms with van der Waals surface area (Å²) in [6.07, 6.45) is 0. The molecule has 0 aliphatic rings. The van der Waals surface area contributed by atoms with Crippen LogP contribution in [0.3, 0.4) is 0 Å². The van der Waals surface area contributed by atoms with E-state index in [1.165, 1.54) is 11.7 Å². The second kappa shape index (κ2) is 6.57. The minimum atomic E-state index is -0.992. The van der Waals surface area contributed by atoms with E-state index in [0.29, 0.717) is 33.2 Å². The van der Waals surface area contributed by atoms with Crippen LogP contribution >= 0.6 is 11.6 Å². The first-order valence-electron chi connectivity index (χ1n) is 7.53. The Hall–Kier alpha value is -2.86. The summed E-state index contributed by atoms with van der Waals surface area (Å²) >= 11 is 5.88. The second-order valence-electron chi connectivity index (χ2n) is 5.53. The van der Waals surface area contributed by atoms with Crippen molar-refractivity contribution in [2.45, 2.75) is 13.5 Å². The Morgan fingerprint density at radius 3 is 2.48 bits per heavy atom. The van der Waals surface area contributed by atoms with E-state index in [1.54, 1.807) is 54.0 Å². The first kappa shape index (κ1) is 17.0. The highest BCUT2D eigenvalue weighted by atomic mass is 35.5. The first-order chi connectivity index (χ1) is 11.9. The van der Waals surface area contributed by atoms with Crippen molar-refractivity contribution >= 4 is 34.5 Å². The molecule has 0 fully saturated rings. The summed E-state index contributed by atoms with van der Waals surface area (Å²) < 4.78 is 8.30. The predicted octanol–water partition coefficient (Wildman–Crippen LogP) is 2.67. The van der Waals surface area contributed by atoms with Gasteiger partial charge in [0.1, 0.15) is 5.75 Å². The number of aromatic nitrogens is 2. The van der Waals surface area contributed by atoms with Crippen LogP contribution in [0.1, 0.15) is 16.2 Å². The predicted molar refractivity (Wildman–Crippen MR) is 92.2 cm³/mol. The molecule has 1 aromatic heterocycles. The molecule has 1 heterocycles. The molecule has 6 nitrogen and oxygen atoms in total. The van der Waals surface area contributed by atoms with Gasteiger partial charge in [-0.05, 0) is 36.4 Å². The maximum absolute atomic E-state index is 13.0. The maximum atomic E-state index is 13.0. The van der Waals surface area contributed by atoms with Crippen molar-refractivity contribution in [1.29, 1.82) is 0 Å². The van der Waals surface area contributed by atoms with E-state index in [1.807, 2.05) is 0 Å². The Kier molecular flexibility index (Phi) is 4.46. The average molecular weight is 360 g/mol. The van der Waals surface area contributed by atoms with Gasteiger partial charge in [-0.15, -0.1) is 0 Å². The average Bonchev–Trinajstić information content (AvgIpc) is 2.86. The van der Waals surface area contributed by atoms with Crippen LogP contribution < -0.4 is 9.30 Å². The zero-order valence-corrected chi connectivity index (χ0v) is 14.4. The molecule has 25 heavy (non-hydrogen) atoms. The van der Waals surface area contributed by atoms with E-state index in [2.05, 4.69) is 0 Å². The van der Waals surface area contributed by atoms with Crippen molar-refractivity contribution in [2.75, 3.05) is 7.11 Å². The van der Waals surface area contributed by atoms with Gasteiger partial charge < -0.3 is 9.84 Å². The number of carbonyl (C=O) groups excluding carboxylic acids is 1. The van der Waals surface area contributed by atoms with Gasteiger partial charge in [0, 0.05) is 18.0 Å². The van der Waals surface area contributed by atoms with Crippen molar-refractivity contribution in [3.05, 3.63) is 58.9 Å². The molecule has 128 valence electrons. The number of fused-ring (bicyclic) bond motifs is 1. The van der Waals surface area contributed by atoms with Crippen LogP contribution in [0.15, 0.2) is 42.5 Å². The molecular formula is C18H16ClN2O4+. The third kappa shape index (κ3) is 3.08. The van der Waals surface area contributed by atoms with Gasteiger partial charge in [-0.2, -0.15) is 4.57 Å². The molecule has 0 bridgehead atoms. The van der Waals surface area contributed by atoms with Crippen molar-refractivity contribution < 1.29 is 24.0 Å². The monoisotopic (exact) mass is 359 g/mol. The standard InChI is InChI=1S/C18H15ClN2O4/c1-11-20(10-17(22)23)16-9-14(25-2)7-8-15(16)21(11)18(24)12-3-5-13(19)6-4-12/h3-9H,10H2,1-2H3/p+1. The van der Waals surface area contributed by atoms with Gasteiger partial charge in [0.2, 0.25) is 0 Å². The fourth-order valence-electron chi connectivity index (χ4n) is 2.82. The number of carbonyl (C=O) groups is 2. The summed E-state index contributed by atoms with van der Waals surface area (Å²) in [5, 5.41) is 9.75. The highest BCUT2D eigenvalue weighted by Crippen LogP contribution is 2.22. The molecule has 0 aliphatic heterocycles. The summed E-state index contributed by atoms with van der Waals surface area (Å²) in [6, 6.07) is 11.8. The third-order valence-electron chi connectivity index (χ3n) is 4.02. The summed E-state index contributed by atoms with van der Waals surface area (Å²) in [7, 11) is 1.53. The van der Waals surface area contributed by atoms with Crippen LogP contribution in [-0.4, -0.2) is 28.7 Å². The van der Waals surface area contributed by atoms with Crippen molar-refractivity contribution in [3.8, 4) is 5.75 Å². The smallest absolute Gasteiger partial charge is 0.346 e. The minimum absolute atomic E-state index is 0.254. The Labute approximate surface area is 148 Å². The van der Waals surface area contributed by atoms with Gasteiger partial charge in [-0.3, -0.25) is 0 Å². The molecular weight excluding hydrogens is 344 g/mol. The largest absolute Gasteiger partial charge is 0.497 e. The zero-order chi connectivity index (χ0) is 18.1. The molecule has 0 unspecified atom stereocenters. The molecule has 0 saturated carbocycles. The fraction of sp³-hybridized carbons (Fsp3) is 0.167. The van der Waals surface area contributed by atoms with E-state index in [-0.39, 0.29) is 12.5 Å². The summed E-state index contributed by atoms with van der Waals surface area (Å²) in [5.74, 6) is -0.143. The summed E-state index contributed by atoms with van der Waals surface area (Å²) in [6.45, 7) is 1.46. The van der Waals surface area contributed by atoms with Crippen LogP contribution in [0, 0.1) is 6.92 Å². The molecule has 0 radical (unpaired) electrons. The van der Waals surface area contributed by atoms with E-state index in [9.17, 15) is 14.7 Å². The number of carboxylic acids is 1. The van der Waals surface area contributed by atoms with Crippen LogP contribution in [0.25, 0.3) is 11.0 Å². The van der Waals surface area contributed by atoms with Crippen LogP contribution in [-0.2, 0) is 11.3 Å². The molecule has 0 aliphatic carbocycles. The Morgan fingerprint density at radius 2 is 1.88 bits per heavy atom. The van der Waals surface area contributed by atoms with Gasteiger partial charge in [0.05, 0.1) is 12.7 Å². The van der Waals surface area contributed by atoms with Gasteiger partial charge in [-0.1, -0.05) is 11.6 Å². The van der Waals surface area contributed by atoms with Gasteiger partial charge >= 0.3 is 11.9 Å². The number of carboxylic acid groups (broad SMARTS) is 1. The Balaban J connectivity index is 2.23. The molecule has 3 aromatic rings. The first-order valence-corrected chi connectivity index (χ1v) is 7.91. The fourth-order valence-corrected chi connectivity index (χ4v) is 2.94. The number of aliphatic carboxylic acids is 1. The number of hydrogen-bond donors (Lipinski definition) is 1. The van der Waals surface area contributed by atoms with E-state index < -0.39 is 5.97 Å². The van der Waals surface area contributed by atoms with E-state index >= 15 is 0 Å². The molecule has 1 N–H and O–H groups in total. The summed E-state index contributed by atoms with van der Waals surface area (Å²) in [5.41, 5.74) is 1.68. The Bertz CT molecular complexity index is 977. The van der Waals surface area contributed by atoms with Crippen LogP contribution in [0.5, 0.6) is 5.75 Å². The van der Waals surface area contributed by atoms with E-state index in [0.717, 1.165) is 0 Å². The molecule has 7 heteroatoms. The van der Waals surface area contributed by atoms with Gasteiger partial charge in [0.25, 0.3) is 5.82 Å². The lowest BCUT2D eigenvalue weighted by Crippen LogP contribution is -2.40. The zero-order valence-electron chi connectivity index (χ0n) is 13.7. The highest BCUT2D eigenvalue weighted by Gasteiger charge is 2.29. The van der Waals surface area contributed by atoms with Gasteiger partial charge in [0.15, 0.2) is 17.6 Å². The number of hydrogen-bond acceptors (Lipinski definition) is 3. The molecule has 0 saturated heterocycles. The number of ether oxygens (including phenoxy) is 1. The lowest BCUT2D eigenvalue weighted by atomic mass is 10.2. The van der Waals surface area contributed by atoms with E-state index in [4.69, 9.17) is 16.3 Å². The molecule has 0 atom stereocenters. The molecule has 0 spiro atoms. The number of halogens is 1. The van der Waals surface area contributed by atoms with Crippen molar-refractivity contribution in [2.24, 2.45) is 0 Å². The number of methoxy groups -OCH3 is 1. The van der Waals surface area contributed by atoms with Gasteiger partial charge in [-0.25, -0.2) is 14.2 Å². The SMILES string of the molecule is COc1ccc2c(c1)[n+](CC(=O)O)c(C)n2C(=O)c1ccc(Cl)cc1. The third-order valence-corrected chi connectivity index (χ3v) is 4.27. The number of nitrogens with zero attached hydrogens (tertiary/aromatic N) is 2. The van der Waals surface area contributed by atoms with Crippen molar-refractivity contribution in [1.82, 2.24) is 4.57 Å². The lowest BCUT2D eigenvalue weighted by molar-refractivity contribution is -0.666. The number of imidazole rings is 1. The lowest BCUT2D eigenvalue weighted by Gasteiger charge is -2.00. The topological polar surface area (TPSA) is 72.4 Å². The normalized spacial score (nSPS) is 10.8. The van der Waals surface area contributed by atoms with Crippen LogP contribution in [0.2, 0.25) is 5.02 Å². The summed E-state index contributed by atoms with van der Waals surface area (Å²) in [4.78, 5) is 24.2. The number of rotatable bonds is 4. The highest BCUT2D eigenvalue weighted by molar-refractivity contribution is 6.30. The number of benzene rings is 2. The van der Waals surface area contributed by atoms with Crippen LogP contribution in [0.4, 0.5) is 0 Å². The van der Waals surface area contributed by atoms with Crippen molar-refractivity contribution in [3.63, 3.8) is 0 Å². The second-order valence-corrected chi connectivity index (χ2v) is 5.97.